The van der Waals surface area contributed by atoms with Gasteiger partial charge in [0.1, 0.15) is 0 Å². The minimum Gasteiger partial charge on any atom is -0.502 e. The van der Waals surface area contributed by atoms with Crippen LogP contribution in [0.2, 0.25) is 0 Å². The van der Waals surface area contributed by atoms with Crippen molar-refractivity contribution < 1.29 is 19.0 Å². The Morgan fingerprint density at radius 1 is 0.905 bits per heavy atom. The zero-order chi connectivity index (χ0) is 15.1. The van der Waals surface area contributed by atoms with Crippen molar-refractivity contribution in [2.75, 3.05) is 14.2 Å². The molecule has 0 aliphatic rings. The largest absolute Gasteiger partial charge is 0.502 e. The van der Waals surface area contributed by atoms with Gasteiger partial charge in [-0.3, -0.25) is 0 Å². The van der Waals surface area contributed by atoms with Crippen molar-refractivity contribution in [3.63, 3.8) is 0 Å². The molecule has 1 aromatic carbocycles. The first-order chi connectivity index (χ1) is 10.0. The molecule has 0 radical (unpaired) electrons. The number of aryl methyl sites for hydroxylation is 2. The van der Waals surface area contributed by atoms with E-state index < -0.39 is 0 Å². The summed E-state index contributed by atoms with van der Waals surface area (Å²) < 4.78 is 12.7. The number of hydrogen-bond donors (Lipinski definition) is 1. The number of nitrogens with zero attached hydrogens (tertiary/aromatic N) is 1. The Balaban J connectivity index is 2.53. The van der Waals surface area contributed by atoms with Gasteiger partial charge in [-0.2, -0.15) is 4.40 Å². The Hall–Kier alpha value is -2.49. The minimum absolute atomic E-state index is 0.216. The second-order valence-electron chi connectivity index (χ2n) is 5.22. The molecular weight excluding hydrogens is 266 g/mol. The van der Waals surface area contributed by atoms with Gasteiger partial charge in [-0.15, -0.1) is 0 Å². The Labute approximate surface area is 123 Å². The van der Waals surface area contributed by atoms with Crippen LogP contribution in [-0.4, -0.2) is 19.3 Å². The smallest absolute Gasteiger partial charge is 0.221 e. The Morgan fingerprint density at radius 3 is 2.14 bits per heavy atom. The second kappa shape index (κ2) is 4.81. The number of aromatic hydroxyl groups is 1. The fraction of sp³-hybridized carbons (Fsp3) is 0.235. The highest BCUT2D eigenvalue weighted by atomic mass is 16.5. The summed E-state index contributed by atoms with van der Waals surface area (Å²) in [5, 5.41) is 12.0. The maximum atomic E-state index is 10.3. The highest BCUT2D eigenvalue weighted by molar-refractivity contribution is 6.00. The molecular formula is C17H18NO3+. The molecule has 0 aliphatic heterocycles. The summed E-state index contributed by atoms with van der Waals surface area (Å²) in [6.45, 7) is 4.10. The summed E-state index contributed by atoms with van der Waals surface area (Å²) >= 11 is 0. The summed E-state index contributed by atoms with van der Waals surface area (Å²) in [7, 11) is 3.20. The lowest BCUT2D eigenvalue weighted by atomic mass is 10.0. The Kier molecular flexibility index (Phi) is 3.09. The quantitative estimate of drug-likeness (QED) is 0.581. The van der Waals surface area contributed by atoms with E-state index in [0.29, 0.717) is 11.5 Å². The van der Waals surface area contributed by atoms with E-state index in [1.807, 2.05) is 29.7 Å². The molecule has 21 heavy (non-hydrogen) atoms. The number of hydrogen-bond acceptors (Lipinski definition) is 3. The molecule has 0 fully saturated rings. The number of fused-ring (bicyclic) bond motifs is 3. The first kappa shape index (κ1) is 13.5. The van der Waals surface area contributed by atoms with Crippen LogP contribution < -0.4 is 13.9 Å². The molecule has 0 spiro atoms. The van der Waals surface area contributed by atoms with Crippen LogP contribution in [0, 0.1) is 13.8 Å². The summed E-state index contributed by atoms with van der Waals surface area (Å²) in [6.07, 6.45) is 3.72. The van der Waals surface area contributed by atoms with E-state index in [4.69, 9.17) is 9.47 Å². The number of pyridine rings is 2. The predicted octanol–water partition coefficient (Wildman–Crippen LogP) is 2.92. The molecule has 3 rings (SSSR count). The summed E-state index contributed by atoms with van der Waals surface area (Å²) in [5.74, 6) is 1.47. The summed E-state index contributed by atoms with van der Waals surface area (Å²) in [4.78, 5) is 0. The molecule has 2 aromatic heterocycles. The van der Waals surface area contributed by atoms with Crippen LogP contribution >= 0.6 is 0 Å². The van der Waals surface area contributed by atoms with Gasteiger partial charge < -0.3 is 14.6 Å². The van der Waals surface area contributed by atoms with Crippen LogP contribution in [0.1, 0.15) is 11.1 Å². The fourth-order valence-electron chi connectivity index (χ4n) is 2.88. The average molecular weight is 284 g/mol. The molecule has 3 aromatic rings. The van der Waals surface area contributed by atoms with Gasteiger partial charge in [0.2, 0.25) is 11.7 Å². The van der Waals surface area contributed by atoms with Crippen LogP contribution in [0.25, 0.3) is 16.3 Å². The summed E-state index contributed by atoms with van der Waals surface area (Å²) in [6, 6.07) is 5.84. The molecule has 0 unspecified atom stereocenters. The van der Waals surface area contributed by atoms with Crippen molar-refractivity contribution in [1.29, 1.82) is 0 Å². The van der Waals surface area contributed by atoms with Gasteiger partial charge in [0, 0.05) is 16.5 Å². The van der Waals surface area contributed by atoms with Gasteiger partial charge in [-0.05, 0) is 32.0 Å². The Morgan fingerprint density at radius 2 is 1.52 bits per heavy atom. The molecule has 4 heteroatoms. The van der Waals surface area contributed by atoms with E-state index in [0.717, 1.165) is 27.4 Å². The maximum Gasteiger partial charge on any atom is 0.221 e. The normalized spacial score (nSPS) is 11.0. The molecule has 0 amide bonds. The van der Waals surface area contributed by atoms with Crippen molar-refractivity contribution in [2.45, 2.75) is 13.8 Å². The van der Waals surface area contributed by atoms with Gasteiger partial charge in [0.15, 0.2) is 23.4 Å². The molecule has 0 atom stereocenters. The van der Waals surface area contributed by atoms with Crippen LogP contribution in [-0.2, 0) is 0 Å². The van der Waals surface area contributed by atoms with E-state index in [-0.39, 0.29) is 5.75 Å². The fourth-order valence-corrected chi connectivity index (χ4v) is 2.88. The monoisotopic (exact) mass is 284 g/mol. The van der Waals surface area contributed by atoms with Crippen molar-refractivity contribution >= 4 is 16.3 Å². The van der Waals surface area contributed by atoms with Crippen LogP contribution in [0.5, 0.6) is 17.2 Å². The van der Waals surface area contributed by atoms with Crippen molar-refractivity contribution in [1.82, 2.24) is 0 Å². The van der Waals surface area contributed by atoms with Crippen molar-refractivity contribution in [3.8, 4) is 17.2 Å². The zero-order valence-electron chi connectivity index (χ0n) is 12.6. The molecule has 0 aliphatic carbocycles. The number of rotatable bonds is 2. The van der Waals surface area contributed by atoms with Gasteiger partial charge in [-0.25, -0.2) is 0 Å². The lowest BCUT2D eigenvalue weighted by molar-refractivity contribution is -0.512. The van der Waals surface area contributed by atoms with Gasteiger partial charge in [0.05, 0.1) is 19.6 Å². The van der Waals surface area contributed by atoms with Gasteiger partial charge >= 0.3 is 0 Å². The number of benzene rings is 1. The minimum atomic E-state index is 0.216. The van der Waals surface area contributed by atoms with Crippen LogP contribution in [0.3, 0.4) is 0 Å². The predicted molar refractivity (Wildman–Crippen MR) is 81.4 cm³/mol. The van der Waals surface area contributed by atoms with Crippen LogP contribution in [0.15, 0.2) is 30.6 Å². The number of aromatic nitrogens is 1. The molecule has 0 saturated carbocycles. The molecule has 2 heterocycles. The van der Waals surface area contributed by atoms with E-state index in [2.05, 4.69) is 13.0 Å². The topological polar surface area (TPSA) is 42.8 Å². The first-order valence-electron chi connectivity index (χ1n) is 6.75. The lowest BCUT2D eigenvalue weighted by Crippen LogP contribution is -2.22. The molecule has 108 valence electrons. The van der Waals surface area contributed by atoms with E-state index >= 15 is 0 Å². The first-order valence-corrected chi connectivity index (χ1v) is 6.75. The highest BCUT2D eigenvalue weighted by Crippen LogP contribution is 2.37. The third-order valence-corrected chi connectivity index (χ3v) is 3.73. The van der Waals surface area contributed by atoms with E-state index in [1.54, 1.807) is 20.4 Å². The zero-order valence-corrected chi connectivity index (χ0v) is 12.6. The molecule has 0 saturated heterocycles. The lowest BCUT2D eigenvalue weighted by Gasteiger charge is -2.10. The SMILES string of the molecule is COc1cc2c(O)c[n+]3cc(C)cc(C)c3c2cc1OC. The summed E-state index contributed by atoms with van der Waals surface area (Å²) in [5.41, 5.74) is 3.34. The van der Waals surface area contributed by atoms with Gasteiger partial charge in [-0.1, -0.05) is 0 Å². The van der Waals surface area contributed by atoms with Crippen LogP contribution in [0.4, 0.5) is 0 Å². The maximum absolute atomic E-state index is 10.3. The molecule has 4 nitrogen and oxygen atoms in total. The number of ether oxygens (including phenoxy) is 2. The Bertz CT molecular complexity index is 856. The second-order valence-corrected chi connectivity index (χ2v) is 5.22. The molecule has 1 N–H and O–H groups in total. The third-order valence-electron chi connectivity index (χ3n) is 3.73. The standard InChI is InChI=1S/C17H17NO3/c1-10-5-11(2)17-13-7-16(21-4)15(20-3)6-12(13)14(19)9-18(17)8-10/h5-9H,1-4H3/p+1. The van der Waals surface area contributed by atoms with E-state index in [9.17, 15) is 5.11 Å². The van der Waals surface area contributed by atoms with Crippen molar-refractivity contribution in [3.05, 3.63) is 41.7 Å². The highest BCUT2D eigenvalue weighted by Gasteiger charge is 2.18. The van der Waals surface area contributed by atoms with Gasteiger partial charge in [0.25, 0.3) is 0 Å². The third kappa shape index (κ3) is 2.03. The number of methoxy groups -OCH3 is 2. The van der Waals surface area contributed by atoms with Crippen molar-refractivity contribution in [2.24, 2.45) is 0 Å². The average Bonchev–Trinajstić information content (AvgIpc) is 2.45. The molecule has 0 bridgehead atoms. The van der Waals surface area contributed by atoms with E-state index in [1.165, 1.54) is 0 Å².